The van der Waals surface area contributed by atoms with Crippen molar-refractivity contribution in [2.24, 2.45) is 0 Å². The third-order valence-corrected chi connectivity index (χ3v) is 3.40. The molecule has 1 N–H and O–H groups in total. The molecule has 1 fully saturated rings. The maximum absolute atomic E-state index is 12.9. The summed E-state index contributed by atoms with van der Waals surface area (Å²) < 4.78 is 19.1. The molecule has 2 aromatic rings. The van der Waals surface area contributed by atoms with Crippen LogP contribution in [-0.4, -0.2) is 13.1 Å². The second-order valence-electron chi connectivity index (χ2n) is 4.73. The summed E-state index contributed by atoms with van der Waals surface area (Å²) >= 11 is 0. The molecule has 0 bridgehead atoms. The van der Waals surface area contributed by atoms with Crippen LogP contribution < -0.4 is 5.32 Å². The number of ether oxygens (including phenoxy) is 1. The summed E-state index contributed by atoms with van der Waals surface area (Å²) in [6.45, 7) is 1.57. The summed E-state index contributed by atoms with van der Waals surface area (Å²) in [4.78, 5) is 0. The van der Waals surface area contributed by atoms with Gasteiger partial charge < -0.3 is 10.1 Å². The monoisotopic (exact) mass is 293 g/mol. The van der Waals surface area contributed by atoms with Crippen molar-refractivity contribution < 1.29 is 9.13 Å². The Morgan fingerprint density at radius 3 is 2.00 bits per heavy atom. The minimum absolute atomic E-state index is 0. The highest BCUT2D eigenvalue weighted by molar-refractivity contribution is 5.85. The van der Waals surface area contributed by atoms with E-state index in [1.54, 1.807) is 12.1 Å². The fourth-order valence-electron chi connectivity index (χ4n) is 2.38. The van der Waals surface area contributed by atoms with E-state index in [2.05, 4.69) is 17.4 Å². The molecule has 0 aliphatic carbocycles. The molecule has 1 saturated heterocycles. The van der Waals surface area contributed by atoms with Crippen molar-refractivity contribution in [3.05, 3.63) is 71.5 Å². The minimum atomic E-state index is -0.216. The summed E-state index contributed by atoms with van der Waals surface area (Å²) in [6, 6.07) is 16.7. The standard InChI is InChI=1S/C16H16FNO.ClH/c17-14-8-6-13(7-9-14)16-11-18-10-15(19-16)12-4-2-1-3-5-12;/h1-9,15-16,18H,10-11H2;1H. The van der Waals surface area contributed by atoms with Gasteiger partial charge in [0.25, 0.3) is 0 Å². The lowest BCUT2D eigenvalue weighted by molar-refractivity contribution is -0.0406. The predicted octanol–water partition coefficient (Wildman–Crippen LogP) is 3.65. The van der Waals surface area contributed by atoms with Gasteiger partial charge in [0.05, 0.1) is 12.2 Å². The van der Waals surface area contributed by atoms with Crippen LogP contribution in [0.25, 0.3) is 0 Å². The van der Waals surface area contributed by atoms with Gasteiger partial charge in [-0.15, -0.1) is 12.4 Å². The Morgan fingerprint density at radius 2 is 1.40 bits per heavy atom. The van der Waals surface area contributed by atoms with Crippen LogP contribution in [0.3, 0.4) is 0 Å². The minimum Gasteiger partial charge on any atom is -0.363 e. The smallest absolute Gasteiger partial charge is 0.123 e. The summed E-state index contributed by atoms with van der Waals surface area (Å²) in [6.07, 6.45) is 0.0181. The van der Waals surface area contributed by atoms with E-state index >= 15 is 0 Å². The predicted molar refractivity (Wildman–Crippen MR) is 79.5 cm³/mol. The molecule has 0 radical (unpaired) electrons. The van der Waals surface area contributed by atoms with Gasteiger partial charge in [0, 0.05) is 13.1 Å². The lowest BCUT2D eigenvalue weighted by atomic mass is 10.0. The highest BCUT2D eigenvalue weighted by Crippen LogP contribution is 2.29. The maximum atomic E-state index is 12.9. The van der Waals surface area contributed by atoms with Crippen molar-refractivity contribution in [3.8, 4) is 0 Å². The van der Waals surface area contributed by atoms with Crippen LogP contribution in [0.1, 0.15) is 23.3 Å². The average Bonchev–Trinajstić information content (AvgIpc) is 2.49. The molecular weight excluding hydrogens is 277 g/mol. The number of halogens is 2. The molecule has 20 heavy (non-hydrogen) atoms. The Hall–Kier alpha value is -1.42. The Morgan fingerprint density at radius 1 is 0.850 bits per heavy atom. The first kappa shape index (κ1) is 15.0. The van der Waals surface area contributed by atoms with E-state index in [9.17, 15) is 4.39 Å². The van der Waals surface area contributed by atoms with Crippen molar-refractivity contribution in [2.75, 3.05) is 13.1 Å². The van der Waals surface area contributed by atoms with Gasteiger partial charge in [0.1, 0.15) is 5.82 Å². The molecule has 3 rings (SSSR count). The summed E-state index contributed by atoms with van der Waals surface area (Å²) in [5, 5.41) is 3.38. The second kappa shape index (κ2) is 6.84. The number of morpholine rings is 1. The number of nitrogens with one attached hydrogen (secondary N) is 1. The van der Waals surface area contributed by atoms with Crippen LogP contribution in [-0.2, 0) is 4.74 Å². The zero-order chi connectivity index (χ0) is 13.1. The van der Waals surface area contributed by atoms with E-state index in [0.717, 1.165) is 18.7 Å². The van der Waals surface area contributed by atoms with Gasteiger partial charge in [0.15, 0.2) is 0 Å². The lowest BCUT2D eigenvalue weighted by Gasteiger charge is -2.31. The number of benzene rings is 2. The van der Waals surface area contributed by atoms with E-state index < -0.39 is 0 Å². The van der Waals surface area contributed by atoms with Crippen molar-refractivity contribution in [2.45, 2.75) is 12.2 Å². The van der Waals surface area contributed by atoms with Crippen LogP contribution in [0.15, 0.2) is 54.6 Å². The Balaban J connectivity index is 0.00000147. The summed E-state index contributed by atoms with van der Waals surface area (Å²) in [5.74, 6) is -0.216. The van der Waals surface area contributed by atoms with Gasteiger partial charge in [-0.3, -0.25) is 0 Å². The Kier molecular flexibility index (Phi) is 5.12. The van der Waals surface area contributed by atoms with Crippen molar-refractivity contribution >= 4 is 12.4 Å². The molecule has 4 heteroatoms. The maximum Gasteiger partial charge on any atom is 0.123 e. The highest BCUT2D eigenvalue weighted by atomic mass is 35.5. The molecule has 2 atom stereocenters. The molecule has 0 amide bonds. The lowest BCUT2D eigenvalue weighted by Crippen LogP contribution is -2.35. The van der Waals surface area contributed by atoms with Gasteiger partial charge in [-0.25, -0.2) is 4.39 Å². The fraction of sp³-hybridized carbons (Fsp3) is 0.250. The Bertz CT molecular complexity index is 532. The molecule has 0 spiro atoms. The van der Waals surface area contributed by atoms with Gasteiger partial charge in [-0.2, -0.15) is 0 Å². The molecule has 1 aliphatic rings. The topological polar surface area (TPSA) is 21.3 Å². The number of hydrogen-bond acceptors (Lipinski definition) is 2. The fourth-order valence-corrected chi connectivity index (χ4v) is 2.38. The van der Waals surface area contributed by atoms with E-state index in [-0.39, 0.29) is 30.4 Å². The van der Waals surface area contributed by atoms with Crippen molar-refractivity contribution in [3.63, 3.8) is 0 Å². The molecule has 106 valence electrons. The second-order valence-corrected chi connectivity index (χ2v) is 4.73. The number of rotatable bonds is 2. The van der Waals surface area contributed by atoms with Crippen LogP contribution >= 0.6 is 12.4 Å². The van der Waals surface area contributed by atoms with Gasteiger partial charge in [-0.05, 0) is 23.3 Å². The normalized spacial score (nSPS) is 22.1. The zero-order valence-corrected chi connectivity index (χ0v) is 11.8. The van der Waals surface area contributed by atoms with Crippen molar-refractivity contribution in [1.82, 2.24) is 5.32 Å². The molecule has 2 unspecified atom stereocenters. The van der Waals surface area contributed by atoms with Crippen molar-refractivity contribution in [1.29, 1.82) is 0 Å². The number of hydrogen-bond donors (Lipinski definition) is 1. The molecule has 1 heterocycles. The van der Waals surface area contributed by atoms with E-state index in [4.69, 9.17) is 4.74 Å². The molecule has 0 aromatic heterocycles. The van der Waals surface area contributed by atoms with E-state index in [1.807, 2.05) is 18.2 Å². The van der Waals surface area contributed by atoms with Crippen LogP contribution in [0.4, 0.5) is 4.39 Å². The van der Waals surface area contributed by atoms with E-state index in [1.165, 1.54) is 17.7 Å². The van der Waals surface area contributed by atoms with Gasteiger partial charge in [0.2, 0.25) is 0 Å². The van der Waals surface area contributed by atoms with Crippen LogP contribution in [0.5, 0.6) is 0 Å². The van der Waals surface area contributed by atoms with Gasteiger partial charge in [-0.1, -0.05) is 42.5 Å². The first-order chi connectivity index (χ1) is 9.33. The largest absolute Gasteiger partial charge is 0.363 e. The first-order valence-corrected chi connectivity index (χ1v) is 6.49. The molecule has 2 aromatic carbocycles. The van der Waals surface area contributed by atoms with Crippen LogP contribution in [0.2, 0.25) is 0 Å². The average molecular weight is 294 g/mol. The van der Waals surface area contributed by atoms with E-state index in [0.29, 0.717) is 0 Å². The zero-order valence-electron chi connectivity index (χ0n) is 11.0. The molecule has 2 nitrogen and oxygen atoms in total. The van der Waals surface area contributed by atoms with Crippen LogP contribution in [0, 0.1) is 5.82 Å². The Labute approximate surface area is 124 Å². The summed E-state index contributed by atoms with van der Waals surface area (Å²) in [7, 11) is 0. The SMILES string of the molecule is Cl.Fc1ccc(C2CNCC(c3ccccc3)O2)cc1. The molecule has 0 saturated carbocycles. The molecule has 1 aliphatic heterocycles. The molecular formula is C16H17ClFNO. The highest BCUT2D eigenvalue weighted by Gasteiger charge is 2.24. The third-order valence-electron chi connectivity index (χ3n) is 3.40. The quantitative estimate of drug-likeness (QED) is 0.912. The first-order valence-electron chi connectivity index (χ1n) is 6.49. The third kappa shape index (κ3) is 3.37. The van der Waals surface area contributed by atoms with Gasteiger partial charge >= 0.3 is 0 Å². The summed E-state index contributed by atoms with van der Waals surface area (Å²) in [5.41, 5.74) is 2.18.